The largest absolute Gasteiger partial charge is 0.496 e. The molecule has 0 aliphatic heterocycles. The lowest BCUT2D eigenvalue weighted by molar-refractivity contribution is 0.179. The molecule has 0 unspecified atom stereocenters. The van der Waals surface area contributed by atoms with Gasteiger partial charge in [-0.25, -0.2) is 0 Å². The van der Waals surface area contributed by atoms with E-state index in [1.54, 1.807) is 14.2 Å². The van der Waals surface area contributed by atoms with Crippen LogP contribution in [0.3, 0.4) is 0 Å². The molecule has 84 valence electrons. The van der Waals surface area contributed by atoms with Gasteiger partial charge in [-0.15, -0.1) is 0 Å². The van der Waals surface area contributed by atoms with E-state index in [2.05, 4.69) is 0 Å². The van der Waals surface area contributed by atoms with Gasteiger partial charge in [0.25, 0.3) is 0 Å². The summed E-state index contributed by atoms with van der Waals surface area (Å²) in [6, 6.07) is 5.88. The third-order valence-electron chi connectivity index (χ3n) is 2.34. The van der Waals surface area contributed by atoms with Crippen LogP contribution in [0.5, 0.6) is 5.75 Å². The number of hydrogen-bond acceptors (Lipinski definition) is 3. The molecule has 0 saturated heterocycles. The summed E-state index contributed by atoms with van der Waals surface area (Å²) >= 11 is 0. The summed E-state index contributed by atoms with van der Waals surface area (Å²) < 4.78 is 10.5. The van der Waals surface area contributed by atoms with Crippen LogP contribution in [0, 0.1) is 0 Å². The van der Waals surface area contributed by atoms with Crippen molar-refractivity contribution in [3.05, 3.63) is 29.3 Å². The molecular formula is C12H19NO2. The molecule has 0 spiro atoms. The zero-order valence-corrected chi connectivity index (χ0v) is 9.83. The molecule has 0 aromatic heterocycles. The van der Waals surface area contributed by atoms with Crippen molar-refractivity contribution in [2.24, 2.45) is 5.73 Å². The molecule has 1 rings (SSSR count). The number of nitrogens with two attached hydrogens (primary N) is 1. The first-order chi connectivity index (χ1) is 7.00. The zero-order chi connectivity index (χ0) is 11.5. The highest BCUT2D eigenvalue weighted by Gasteiger charge is 2.20. The Hall–Kier alpha value is -1.06. The summed E-state index contributed by atoms with van der Waals surface area (Å²) in [5.41, 5.74) is 7.80. The molecule has 0 bridgehead atoms. The molecule has 0 radical (unpaired) electrons. The lowest BCUT2D eigenvalue weighted by Crippen LogP contribution is -2.30. The van der Waals surface area contributed by atoms with Crippen molar-refractivity contribution in [2.75, 3.05) is 14.2 Å². The monoisotopic (exact) mass is 209 g/mol. The second-order valence-corrected chi connectivity index (χ2v) is 4.14. The molecule has 15 heavy (non-hydrogen) atoms. The topological polar surface area (TPSA) is 44.5 Å². The van der Waals surface area contributed by atoms with E-state index in [1.165, 1.54) is 0 Å². The third kappa shape index (κ3) is 2.70. The standard InChI is InChI=1S/C12H19NO2/c1-12(2,13)10-6-5-7-11(15-4)9(10)8-14-3/h5-7H,8,13H2,1-4H3. The van der Waals surface area contributed by atoms with E-state index < -0.39 is 0 Å². The minimum atomic E-state index is -0.387. The molecule has 0 saturated carbocycles. The average Bonchev–Trinajstić information content (AvgIpc) is 2.17. The number of rotatable bonds is 4. The second-order valence-electron chi connectivity index (χ2n) is 4.14. The lowest BCUT2D eigenvalue weighted by atomic mass is 9.90. The van der Waals surface area contributed by atoms with Gasteiger partial charge in [-0.3, -0.25) is 0 Å². The minimum Gasteiger partial charge on any atom is -0.496 e. The van der Waals surface area contributed by atoms with Crippen molar-refractivity contribution in [2.45, 2.75) is 26.0 Å². The Kier molecular flexibility index (Phi) is 3.72. The molecule has 0 aliphatic carbocycles. The Morgan fingerprint density at radius 2 is 1.93 bits per heavy atom. The van der Waals surface area contributed by atoms with E-state index in [9.17, 15) is 0 Å². The molecule has 3 heteroatoms. The average molecular weight is 209 g/mol. The molecule has 3 nitrogen and oxygen atoms in total. The Morgan fingerprint density at radius 3 is 2.40 bits per heavy atom. The normalized spacial score (nSPS) is 11.5. The first-order valence-electron chi connectivity index (χ1n) is 4.95. The SMILES string of the molecule is COCc1c(OC)cccc1C(C)(C)N. The third-order valence-corrected chi connectivity index (χ3v) is 2.34. The maximum absolute atomic E-state index is 6.10. The Bertz CT molecular complexity index is 329. The Labute approximate surface area is 91.2 Å². The van der Waals surface area contributed by atoms with Crippen molar-refractivity contribution in [1.82, 2.24) is 0 Å². The van der Waals surface area contributed by atoms with Crippen LogP contribution < -0.4 is 10.5 Å². The van der Waals surface area contributed by atoms with Gasteiger partial charge in [0.15, 0.2) is 0 Å². The van der Waals surface area contributed by atoms with Gasteiger partial charge < -0.3 is 15.2 Å². The van der Waals surface area contributed by atoms with Crippen LogP contribution in [0.15, 0.2) is 18.2 Å². The van der Waals surface area contributed by atoms with Crippen LogP contribution in [0.2, 0.25) is 0 Å². The first-order valence-corrected chi connectivity index (χ1v) is 4.95. The summed E-state index contributed by atoms with van der Waals surface area (Å²) in [4.78, 5) is 0. The summed E-state index contributed by atoms with van der Waals surface area (Å²) in [5.74, 6) is 0.827. The Morgan fingerprint density at radius 1 is 1.27 bits per heavy atom. The smallest absolute Gasteiger partial charge is 0.124 e. The van der Waals surface area contributed by atoms with Crippen LogP contribution in [0.1, 0.15) is 25.0 Å². The molecule has 2 N–H and O–H groups in total. The number of hydrogen-bond donors (Lipinski definition) is 1. The zero-order valence-electron chi connectivity index (χ0n) is 9.83. The van der Waals surface area contributed by atoms with Gasteiger partial charge in [-0.05, 0) is 25.5 Å². The van der Waals surface area contributed by atoms with Crippen LogP contribution in [-0.2, 0) is 16.9 Å². The summed E-state index contributed by atoms with van der Waals surface area (Å²) in [7, 11) is 3.32. The van der Waals surface area contributed by atoms with Crippen LogP contribution in [0.25, 0.3) is 0 Å². The molecule has 1 aromatic carbocycles. The maximum atomic E-state index is 6.10. The lowest BCUT2D eigenvalue weighted by Gasteiger charge is -2.24. The van der Waals surface area contributed by atoms with Gasteiger partial charge in [0.05, 0.1) is 13.7 Å². The van der Waals surface area contributed by atoms with E-state index in [1.807, 2.05) is 32.0 Å². The van der Waals surface area contributed by atoms with Crippen molar-refractivity contribution in [1.29, 1.82) is 0 Å². The molecule has 0 atom stereocenters. The van der Waals surface area contributed by atoms with Gasteiger partial charge in [0.1, 0.15) is 5.75 Å². The fourth-order valence-corrected chi connectivity index (χ4v) is 1.65. The quantitative estimate of drug-likeness (QED) is 0.825. The number of ether oxygens (including phenoxy) is 2. The fourth-order valence-electron chi connectivity index (χ4n) is 1.65. The van der Waals surface area contributed by atoms with Gasteiger partial charge in [0, 0.05) is 18.2 Å². The van der Waals surface area contributed by atoms with E-state index in [-0.39, 0.29) is 5.54 Å². The highest BCUT2D eigenvalue weighted by Crippen LogP contribution is 2.29. The van der Waals surface area contributed by atoms with Gasteiger partial charge >= 0.3 is 0 Å². The van der Waals surface area contributed by atoms with E-state index in [0.717, 1.165) is 16.9 Å². The molecule has 0 amide bonds. The van der Waals surface area contributed by atoms with Gasteiger partial charge in [0.2, 0.25) is 0 Å². The van der Waals surface area contributed by atoms with E-state index in [4.69, 9.17) is 15.2 Å². The van der Waals surface area contributed by atoms with Crippen molar-refractivity contribution in [3.8, 4) is 5.75 Å². The van der Waals surface area contributed by atoms with Crippen LogP contribution in [-0.4, -0.2) is 14.2 Å². The van der Waals surface area contributed by atoms with E-state index >= 15 is 0 Å². The second kappa shape index (κ2) is 4.64. The molecule has 1 aromatic rings. The predicted molar refractivity (Wildman–Crippen MR) is 60.9 cm³/mol. The minimum absolute atomic E-state index is 0.387. The maximum Gasteiger partial charge on any atom is 0.124 e. The number of benzene rings is 1. The molecular weight excluding hydrogens is 190 g/mol. The van der Waals surface area contributed by atoms with Crippen molar-refractivity contribution >= 4 is 0 Å². The highest BCUT2D eigenvalue weighted by molar-refractivity contribution is 5.43. The van der Waals surface area contributed by atoms with Crippen LogP contribution >= 0.6 is 0 Å². The fraction of sp³-hybridized carbons (Fsp3) is 0.500. The highest BCUT2D eigenvalue weighted by atomic mass is 16.5. The molecule has 0 aliphatic rings. The summed E-state index contributed by atoms with van der Waals surface area (Å²) in [6.45, 7) is 4.46. The van der Waals surface area contributed by atoms with Gasteiger partial charge in [-0.2, -0.15) is 0 Å². The molecule has 0 heterocycles. The molecule has 0 fully saturated rings. The predicted octanol–water partition coefficient (Wildman–Crippen LogP) is 2.04. The van der Waals surface area contributed by atoms with Crippen molar-refractivity contribution in [3.63, 3.8) is 0 Å². The van der Waals surface area contributed by atoms with E-state index in [0.29, 0.717) is 6.61 Å². The number of methoxy groups -OCH3 is 2. The van der Waals surface area contributed by atoms with Gasteiger partial charge in [-0.1, -0.05) is 12.1 Å². The first kappa shape index (κ1) is 12.0. The Balaban J connectivity index is 3.25. The summed E-state index contributed by atoms with van der Waals surface area (Å²) in [6.07, 6.45) is 0. The van der Waals surface area contributed by atoms with Crippen LogP contribution in [0.4, 0.5) is 0 Å². The van der Waals surface area contributed by atoms with Crippen molar-refractivity contribution < 1.29 is 9.47 Å². The summed E-state index contributed by atoms with van der Waals surface area (Å²) in [5, 5.41) is 0.